The standard InChI is InChI=1S/C17H30O3/c1-6-8-13(5)9-10-14(19-17(18)12(3)4)11-16-15(7-2)20-16/h13-16H,3,6-11H2,1-2,4-5H3. The molecule has 1 aliphatic rings. The van der Waals surface area contributed by atoms with Gasteiger partial charge in [0.15, 0.2) is 0 Å². The highest BCUT2D eigenvalue weighted by atomic mass is 16.6. The Balaban J connectivity index is 2.42. The van der Waals surface area contributed by atoms with Gasteiger partial charge in [0.05, 0.1) is 12.2 Å². The minimum absolute atomic E-state index is 0.0277. The van der Waals surface area contributed by atoms with E-state index in [0.717, 1.165) is 25.7 Å². The SMILES string of the molecule is C=C(C)C(=O)OC(CCC(C)CCC)CC1OC1CC. The number of esters is 1. The summed E-state index contributed by atoms with van der Waals surface area (Å²) in [5.41, 5.74) is 0.473. The Morgan fingerprint density at radius 3 is 2.45 bits per heavy atom. The van der Waals surface area contributed by atoms with Gasteiger partial charge in [-0.15, -0.1) is 0 Å². The fraction of sp³-hybridized carbons (Fsp3) is 0.824. The molecular formula is C17H30O3. The first-order valence-electron chi connectivity index (χ1n) is 7.99. The molecule has 0 bridgehead atoms. The zero-order valence-corrected chi connectivity index (χ0v) is 13.5. The molecule has 116 valence electrons. The minimum atomic E-state index is -0.271. The largest absolute Gasteiger partial charge is 0.459 e. The van der Waals surface area contributed by atoms with Crippen LogP contribution in [0.1, 0.15) is 66.2 Å². The van der Waals surface area contributed by atoms with Gasteiger partial charge in [-0.25, -0.2) is 4.79 Å². The van der Waals surface area contributed by atoms with E-state index < -0.39 is 0 Å². The van der Waals surface area contributed by atoms with Gasteiger partial charge in [0.25, 0.3) is 0 Å². The van der Waals surface area contributed by atoms with Crippen molar-refractivity contribution in [3.63, 3.8) is 0 Å². The second kappa shape index (κ2) is 8.46. The van der Waals surface area contributed by atoms with E-state index in [2.05, 4.69) is 27.4 Å². The fourth-order valence-corrected chi connectivity index (χ4v) is 2.59. The summed E-state index contributed by atoms with van der Waals surface area (Å²) in [6.07, 6.45) is 6.97. The third-order valence-corrected chi connectivity index (χ3v) is 3.97. The lowest BCUT2D eigenvalue weighted by Gasteiger charge is -2.19. The van der Waals surface area contributed by atoms with Crippen LogP contribution in [-0.4, -0.2) is 24.3 Å². The average Bonchev–Trinajstić information content (AvgIpc) is 3.14. The molecule has 20 heavy (non-hydrogen) atoms. The van der Waals surface area contributed by atoms with E-state index in [1.165, 1.54) is 12.8 Å². The molecule has 0 spiro atoms. The lowest BCUT2D eigenvalue weighted by molar-refractivity contribution is -0.145. The zero-order valence-electron chi connectivity index (χ0n) is 13.5. The summed E-state index contributed by atoms with van der Waals surface area (Å²) in [5.74, 6) is 0.417. The van der Waals surface area contributed by atoms with Crippen LogP contribution in [-0.2, 0) is 14.3 Å². The van der Waals surface area contributed by atoms with Crippen LogP contribution in [0.15, 0.2) is 12.2 Å². The van der Waals surface area contributed by atoms with E-state index in [4.69, 9.17) is 9.47 Å². The zero-order chi connectivity index (χ0) is 15.1. The van der Waals surface area contributed by atoms with Crippen LogP contribution in [0.2, 0.25) is 0 Å². The van der Waals surface area contributed by atoms with Gasteiger partial charge in [-0.1, -0.05) is 40.2 Å². The van der Waals surface area contributed by atoms with E-state index in [0.29, 0.717) is 17.6 Å². The molecule has 0 saturated carbocycles. The van der Waals surface area contributed by atoms with Gasteiger partial charge in [-0.05, 0) is 32.1 Å². The van der Waals surface area contributed by atoms with Gasteiger partial charge < -0.3 is 9.47 Å². The topological polar surface area (TPSA) is 38.8 Å². The summed E-state index contributed by atoms with van der Waals surface area (Å²) in [7, 11) is 0. The Bertz CT molecular complexity index is 324. The van der Waals surface area contributed by atoms with Crippen molar-refractivity contribution in [3.8, 4) is 0 Å². The molecule has 0 aromatic heterocycles. The van der Waals surface area contributed by atoms with Crippen molar-refractivity contribution in [2.75, 3.05) is 0 Å². The van der Waals surface area contributed by atoms with E-state index >= 15 is 0 Å². The highest BCUT2D eigenvalue weighted by molar-refractivity contribution is 5.87. The molecule has 0 radical (unpaired) electrons. The maximum absolute atomic E-state index is 11.7. The van der Waals surface area contributed by atoms with Gasteiger partial charge in [0, 0.05) is 12.0 Å². The maximum Gasteiger partial charge on any atom is 0.333 e. The van der Waals surface area contributed by atoms with Crippen molar-refractivity contribution >= 4 is 5.97 Å². The molecule has 1 heterocycles. The third-order valence-electron chi connectivity index (χ3n) is 3.97. The Kier molecular flexibility index (Phi) is 7.28. The molecule has 4 unspecified atom stereocenters. The second-order valence-electron chi connectivity index (χ2n) is 6.14. The summed E-state index contributed by atoms with van der Waals surface area (Å²) in [5, 5.41) is 0. The number of epoxide rings is 1. The molecule has 0 amide bonds. The van der Waals surface area contributed by atoms with Crippen molar-refractivity contribution in [2.24, 2.45) is 5.92 Å². The summed E-state index contributed by atoms with van der Waals surface area (Å²) >= 11 is 0. The summed E-state index contributed by atoms with van der Waals surface area (Å²) in [4.78, 5) is 11.7. The average molecular weight is 282 g/mol. The first-order chi connectivity index (χ1) is 9.47. The Hall–Kier alpha value is -0.830. The first-order valence-corrected chi connectivity index (χ1v) is 7.99. The van der Waals surface area contributed by atoms with Crippen molar-refractivity contribution in [3.05, 3.63) is 12.2 Å². The molecule has 3 nitrogen and oxygen atoms in total. The number of carbonyl (C=O) groups is 1. The number of rotatable bonds is 10. The van der Waals surface area contributed by atoms with Crippen LogP contribution < -0.4 is 0 Å². The van der Waals surface area contributed by atoms with Gasteiger partial charge >= 0.3 is 5.97 Å². The van der Waals surface area contributed by atoms with E-state index in [1.54, 1.807) is 6.92 Å². The van der Waals surface area contributed by atoms with Crippen LogP contribution in [0.5, 0.6) is 0 Å². The van der Waals surface area contributed by atoms with Crippen LogP contribution in [0, 0.1) is 5.92 Å². The number of carbonyl (C=O) groups excluding carboxylic acids is 1. The van der Waals surface area contributed by atoms with Gasteiger partial charge in [0.1, 0.15) is 6.10 Å². The van der Waals surface area contributed by atoms with E-state index in [9.17, 15) is 4.79 Å². The summed E-state index contributed by atoms with van der Waals surface area (Å²) in [6.45, 7) is 12.0. The van der Waals surface area contributed by atoms with Crippen LogP contribution >= 0.6 is 0 Å². The van der Waals surface area contributed by atoms with Gasteiger partial charge in [0.2, 0.25) is 0 Å². The van der Waals surface area contributed by atoms with Crippen LogP contribution in [0.3, 0.4) is 0 Å². The predicted molar refractivity (Wildman–Crippen MR) is 81.6 cm³/mol. The fourth-order valence-electron chi connectivity index (χ4n) is 2.59. The summed E-state index contributed by atoms with van der Waals surface area (Å²) < 4.78 is 11.1. The molecule has 0 aromatic rings. The lowest BCUT2D eigenvalue weighted by atomic mass is 9.96. The Morgan fingerprint density at radius 1 is 1.25 bits per heavy atom. The second-order valence-corrected chi connectivity index (χ2v) is 6.14. The van der Waals surface area contributed by atoms with Crippen LogP contribution in [0.25, 0.3) is 0 Å². The first kappa shape index (κ1) is 17.2. The van der Waals surface area contributed by atoms with Crippen molar-refractivity contribution in [2.45, 2.75) is 84.5 Å². The molecule has 0 aromatic carbocycles. The molecule has 0 aliphatic carbocycles. The minimum Gasteiger partial charge on any atom is -0.459 e. The van der Waals surface area contributed by atoms with E-state index in [-0.39, 0.29) is 18.2 Å². The maximum atomic E-state index is 11.7. The quantitative estimate of drug-likeness (QED) is 0.341. The molecular weight excluding hydrogens is 252 g/mol. The lowest BCUT2D eigenvalue weighted by Crippen LogP contribution is -2.22. The highest BCUT2D eigenvalue weighted by Crippen LogP contribution is 2.31. The van der Waals surface area contributed by atoms with Gasteiger partial charge in [-0.3, -0.25) is 0 Å². The predicted octanol–water partition coefficient (Wildman–Crippen LogP) is 4.26. The number of hydrogen-bond acceptors (Lipinski definition) is 3. The molecule has 1 saturated heterocycles. The molecule has 1 aliphatic heterocycles. The Labute approximate surface area is 123 Å². The molecule has 3 heteroatoms. The molecule has 1 fully saturated rings. The van der Waals surface area contributed by atoms with Crippen molar-refractivity contribution in [1.82, 2.24) is 0 Å². The molecule has 0 N–H and O–H groups in total. The highest BCUT2D eigenvalue weighted by Gasteiger charge is 2.39. The summed E-state index contributed by atoms with van der Waals surface area (Å²) in [6, 6.07) is 0. The third kappa shape index (κ3) is 6.08. The molecule has 1 rings (SSSR count). The van der Waals surface area contributed by atoms with Gasteiger partial charge in [-0.2, -0.15) is 0 Å². The monoisotopic (exact) mass is 282 g/mol. The van der Waals surface area contributed by atoms with Crippen molar-refractivity contribution < 1.29 is 14.3 Å². The smallest absolute Gasteiger partial charge is 0.333 e. The van der Waals surface area contributed by atoms with E-state index in [1.807, 2.05) is 0 Å². The molecule has 4 atom stereocenters. The van der Waals surface area contributed by atoms with Crippen molar-refractivity contribution in [1.29, 1.82) is 0 Å². The number of ether oxygens (including phenoxy) is 2. The normalized spacial score (nSPS) is 24.0. The Morgan fingerprint density at radius 2 is 1.95 bits per heavy atom. The van der Waals surface area contributed by atoms with Crippen LogP contribution in [0.4, 0.5) is 0 Å². The number of hydrogen-bond donors (Lipinski definition) is 0.